The number of carbonyl (C=O) groups excluding carboxylic acids is 1. The molecule has 5 aliphatic carbocycles. The molecule has 1 heterocycles. The van der Waals surface area contributed by atoms with E-state index in [9.17, 15) is 24.9 Å². The molecule has 1 saturated heterocycles. The molecule has 0 radical (unpaired) electrons. The van der Waals surface area contributed by atoms with Gasteiger partial charge < -0.3 is 24.8 Å². The van der Waals surface area contributed by atoms with Crippen LogP contribution in [0.15, 0.2) is 11.6 Å². The molecular weight excluding hydrogens is 544 g/mol. The zero-order chi connectivity index (χ0) is 31.5. The Morgan fingerprint density at radius 1 is 0.953 bits per heavy atom. The molecule has 0 aromatic carbocycles. The summed E-state index contributed by atoms with van der Waals surface area (Å²) in [5.74, 6) is -0.128. The maximum absolute atomic E-state index is 14.6. The van der Waals surface area contributed by atoms with Gasteiger partial charge in [-0.15, -0.1) is 0 Å². The molecule has 13 atom stereocenters. The van der Waals surface area contributed by atoms with Crippen LogP contribution in [0.25, 0.3) is 0 Å². The number of ketones is 1. The summed E-state index contributed by atoms with van der Waals surface area (Å²) in [4.78, 5) is 27.0. The SMILES string of the molecule is C[C@@H]1O[C@@H](O[C@@H]2CC[C@]3(C)[C@H](CC[C@]4(C)[C@@H]3C(=O)C=C3[C@H]5C[C@@](C)(C(=O)O)CC[C@]5(C)CC[C@@]34C)C2(C)C)C[C@@H](O)[C@@H]1O. The summed E-state index contributed by atoms with van der Waals surface area (Å²) in [6, 6.07) is 0. The fraction of sp³-hybridized carbons (Fsp3) is 0.889. The molecule has 242 valence electrons. The van der Waals surface area contributed by atoms with Crippen molar-refractivity contribution in [3.05, 3.63) is 11.6 Å². The van der Waals surface area contributed by atoms with Crippen LogP contribution >= 0.6 is 0 Å². The average molecular weight is 601 g/mol. The van der Waals surface area contributed by atoms with Gasteiger partial charge in [-0.1, -0.05) is 47.1 Å². The van der Waals surface area contributed by atoms with Crippen molar-refractivity contribution in [1.82, 2.24) is 0 Å². The van der Waals surface area contributed by atoms with Gasteiger partial charge in [0.2, 0.25) is 0 Å². The fourth-order valence-corrected chi connectivity index (χ4v) is 11.9. The van der Waals surface area contributed by atoms with Crippen LogP contribution < -0.4 is 0 Å². The van der Waals surface area contributed by atoms with Crippen molar-refractivity contribution in [3.8, 4) is 0 Å². The van der Waals surface area contributed by atoms with Gasteiger partial charge in [0.25, 0.3) is 0 Å². The van der Waals surface area contributed by atoms with Crippen LogP contribution in [0.1, 0.15) is 120 Å². The Morgan fingerprint density at radius 2 is 1.63 bits per heavy atom. The van der Waals surface area contributed by atoms with E-state index in [1.165, 1.54) is 5.57 Å². The number of aliphatic hydroxyl groups is 2. The van der Waals surface area contributed by atoms with Gasteiger partial charge in [0.05, 0.1) is 23.7 Å². The van der Waals surface area contributed by atoms with E-state index < -0.39 is 36.0 Å². The van der Waals surface area contributed by atoms with Gasteiger partial charge in [0, 0.05) is 12.3 Å². The third kappa shape index (κ3) is 4.33. The predicted molar refractivity (Wildman–Crippen MR) is 163 cm³/mol. The lowest BCUT2D eigenvalue weighted by atomic mass is 9.33. The van der Waals surface area contributed by atoms with Crippen LogP contribution in [0, 0.1) is 50.2 Å². The average Bonchev–Trinajstić information content (AvgIpc) is 2.91. The van der Waals surface area contributed by atoms with E-state index >= 15 is 0 Å². The summed E-state index contributed by atoms with van der Waals surface area (Å²) in [7, 11) is 0. The summed E-state index contributed by atoms with van der Waals surface area (Å²) in [5.41, 5.74) is -0.165. The van der Waals surface area contributed by atoms with E-state index in [1.54, 1.807) is 6.92 Å². The molecule has 0 amide bonds. The van der Waals surface area contributed by atoms with Gasteiger partial charge in [0.1, 0.15) is 6.10 Å². The number of aliphatic carboxylic acids is 1. The summed E-state index contributed by atoms with van der Waals surface area (Å²) >= 11 is 0. The molecule has 4 saturated carbocycles. The minimum Gasteiger partial charge on any atom is -0.481 e. The number of carboxylic acids is 1. The van der Waals surface area contributed by atoms with Crippen LogP contribution in [0.3, 0.4) is 0 Å². The van der Waals surface area contributed by atoms with Gasteiger partial charge in [-0.05, 0) is 117 Å². The Labute approximate surface area is 258 Å². The first-order valence-electron chi connectivity index (χ1n) is 17.0. The van der Waals surface area contributed by atoms with Crippen molar-refractivity contribution in [3.63, 3.8) is 0 Å². The molecule has 0 aromatic heterocycles. The van der Waals surface area contributed by atoms with Crippen molar-refractivity contribution in [2.75, 3.05) is 0 Å². The summed E-state index contributed by atoms with van der Waals surface area (Å²) < 4.78 is 12.6. The summed E-state index contributed by atoms with van der Waals surface area (Å²) in [6.07, 6.45) is 7.45. The first-order valence-corrected chi connectivity index (χ1v) is 17.0. The largest absolute Gasteiger partial charge is 0.481 e. The van der Waals surface area contributed by atoms with Crippen molar-refractivity contribution in [2.45, 2.75) is 150 Å². The predicted octanol–water partition coefficient (Wildman–Crippen LogP) is 6.29. The number of aliphatic hydroxyl groups excluding tert-OH is 2. The van der Waals surface area contributed by atoms with Gasteiger partial charge in [-0.2, -0.15) is 0 Å². The third-order valence-corrected chi connectivity index (χ3v) is 15.0. The molecule has 0 aromatic rings. The minimum atomic E-state index is -0.903. The Bertz CT molecular complexity index is 1200. The quantitative estimate of drug-likeness (QED) is 0.326. The molecular formula is C36H56O7. The first-order chi connectivity index (χ1) is 19.8. The van der Waals surface area contributed by atoms with E-state index in [0.717, 1.165) is 44.9 Å². The Morgan fingerprint density at radius 3 is 2.28 bits per heavy atom. The van der Waals surface area contributed by atoms with Crippen LogP contribution in [0.2, 0.25) is 0 Å². The number of hydrogen-bond donors (Lipinski definition) is 3. The van der Waals surface area contributed by atoms with E-state index in [4.69, 9.17) is 9.47 Å². The second-order valence-corrected chi connectivity index (χ2v) is 17.6. The van der Waals surface area contributed by atoms with Crippen molar-refractivity contribution in [2.24, 2.45) is 50.2 Å². The lowest BCUT2D eigenvalue weighted by molar-refractivity contribution is -0.290. The zero-order valence-electron chi connectivity index (χ0n) is 27.7. The molecule has 6 aliphatic rings. The number of carbonyl (C=O) groups is 2. The standard InChI is InChI=1S/C36H56O7/c1-20-28(39)23(37)18-27(42-20)43-26-10-11-34(6)25(31(26,2)3)9-12-36(8)29(34)24(38)17-21-22-19-33(5,30(40)41)14-13-32(22,4)15-16-35(21,36)7/h17,20,22-23,25-29,37,39H,9-16,18-19H2,1-8H3,(H,40,41)/t20-,22+,23+,25+,26+,27-,28+,29+,32+,33-,34+,35-,36+/m0/s1. The van der Waals surface area contributed by atoms with Crippen LogP contribution in [0.5, 0.6) is 0 Å². The second kappa shape index (κ2) is 9.86. The number of hydrogen-bond acceptors (Lipinski definition) is 6. The zero-order valence-corrected chi connectivity index (χ0v) is 27.7. The van der Waals surface area contributed by atoms with E-state index in [0.29, 0.717) is 12.8 Å². The summed E-state index contributed by atoms with van der Waals surface area (Å²) in [6.45, 7) is 17.8. The lowest BCUT2D eigenvalue weighted by Gasteiger charge is -2.70. The molecule has 3 N–H and O–H groups in total. The first kappa shape index (κ1) is 31.7. The molecule has 6 rings (SSSR count). The maximum Gasteiger partial charge on any atom is 0.309 e. The Hall–Kier alpha value is -1.28. The van der Waals surface area contributed by atoms with E-state index in [2.05, 4.69) is 41.5 Å². The lowest BCUT2D eigenvalue weighted by Crippen LogP contribution is -2.67. The van der Waals surface area contributed by atoms with E-state index in [-0.39, 0.29) is 63.1 Å². The van der Waals surface area contributed by atoms with Gasteiger partial charge >= 0.3 is 5.97 Å². The monoisotopic (exact) mass is 600 g/mol. The highest BCUT2D eigenvalue weighted by Crippen LogP contribution is 2.75. The molecule has 1 aliphatic heterocycles. The number of fused-ring (bicyclic) bond motifs is 7. The molecule has 7 nitrogen and oxygen atoms in total. The number of allylic oxidation sites excluding steroid dienone is 2. The van der Waals surface area contributed by atoms with Crippen LogP contribution in [0.4, 0.5) is 0 Å². The number of carboxylic acid groups (broad SMARTS) is 1. The molecule has 0 spiro atoms. The normalized spacial score (nSPS) is 54.4. The number of rotatable bonds is 3. The molecule has 7 heteroatoms. The fourth-order valence-electron chi connectivity index (χ4n) is 11.9. The highest BCUT2D eigenvalue weighted by atomic mass is 16.7. The highest BCUT2D eigenvalue weighted by molar-refractivity contribution is 5.95. The summed E-state index contributed by atoms with van der Waals surface area (Å²) in [5, 5.41) is 30.7. The third-order valence-electron chi connectivity index (χ3n) is 15.0. The van der Waals surface area contributed by atoms with Gasteiger partial charge in [0.15, 0.2) is 12.1 Å². The molecule has 43 heavy (non-hydrogen) atoms. The van der Waals surface area contributed by atoms with Crippen molar-refractivity contribution < 1.29 is 34.4 Å². The van der Waals surface area contributed by atoms with Gasteiger partial charge in [-0.25, -0.2) is 0 Å². The second-order valence-electron chi connectivity index (χ2n) is 17.6. The van der Waals surface area contributed by atoms with Crippen molar-refractivity contribution >= 4 is 11.8 Å². The van der Waals surface area contributed by atoms with Crippen LogP contribution in [-0.4, -0.2) is 57.8 Å². The molecule has 0 bridgehead atoms. The minimum absolute atomic E-state index is 0.0462. The maximum atomic E-state index is 14.6. The topological polar surface area (TPSA) is 113 Å². The number of ether oxygens (including phenoxy) is 2. The van der Waals surface area contributed by atoms with Gasteiger partial charge in [-0.3, -0.25) is 9.59 Å². The Kier molecular flexibility index (Phi) is 7.27. The van der Waals surface area contributed by atoms with Crippen LogP contribution in [-0.2, 0) is 19.1 Å². The van der Waals surface area contributed by atoms with E-state index in [1.807, 2.05) is 13.0 Å². The molecule has 0 unspecified atom stereocenters. The highest BCUT2D eigenvalue weighted by Gasteiger charge is 2.70. The molecule has 5 fully saturated rings. The Balaban J connectivity index is 1.32. The van der Waals surface area contributed by atoms with Crippen molar-refractivity contribution in [1.29, 1.82) is 0 Å². The smallest absolute Gasteiger partial charge is 0.309 e.